The normalized spacial score (nSPS) is 23.0. The molecule has 4 nitrogen and oxygen atoms in total. The Labute approximate surface area is 79.7 Å². The van der Waals surface area contributed by atoms with E-state index in [1.807, 2.05) is 7.05 Å². The topological polar surface area (TPSA) is 49.6 Å². The van der Waals surface area contributed by atoms with E-state index in [0.717, 1.165) is 19.6 Å². The quantitative estimate of drug-likeness (QED) is 0.631. The molecule has 0 aliphatic carbocycles. The van der Waals surface area contributed by atoms with Crippen molar-refractivity contribution in [3.8, 4) is 0 Å². The third-order valence-electron chi connectivity index (χ3n) is 2.73. The molecular formula is C9H19N3O. The average Bonchev–Trinajstić information content (AvgIpc) is 2.30. The fraction of sp³-hybridized carbons (Fsp3) is 0.889. The number of rotatable bonds is 2. The summed E-state index contributed by atoms with van der Waals surface area (Å²) in [6.07, 6.45) is 0.626. The summed E-state index contributed by atoms with van der Waals surface area (Å²) in [7, 11) is 1.86. The van der Waals surface area contributed by atoms with Gasteiger partial charge in [-0.15, -0.1) is 0 Å². The van der Waals surface area contributed by atoms with Gasteiger partial charge in [0.1, 0.15) is 0 Å². The van der Waals surface area contributed by atoms with Crippen LogP contribution in [-0.4, -0.2) is 55.0 Å². The van der Waals surface area contributed by atoms with Gasteiger partial charge in [-0.2, -0.15) is 0 Å². The minimum Gasteiger partial charge on any atom is -0.344 e. The molecule has 1 aliphatic heterocycles. The maximum atomic E-state index is 11.3. The minimum atomic E-state index is 0.242. The number of hydrogen-bond donors (Lipinski definition) is 1. The van der Waals surface area contributed by atoms with Crippen molar-refractivity contribution >= 4 is 5.91 Å². The summed E-state index contributed by atoms with van der Waals surface area (Å²) in [5.74, 6) is 0.242. The van der Waals surface area contributed by atoms with Crippen molar-refractivity contribution in [2.45, 2.75) is 19.4 Å². The van der Waals surface area contributed by atoms with Gasteiger partial charge < -0.3 is 10.6 Å². The fourth-order valence-electron chi connectivity index (χ4n) is 1.53. The van der Waals surface area contributed by atoms with Crippen molar-refractivity contribution < 1.29 is 4.79 Å². The predicted molar refractivity (Wildman–Crippen MR) is 52.3 cm³/mol. The standard InChI is InChI=1S/C9H19N3O/c1-8(7-10)12-4-3-9(13)11(2)5-6-12/h8H,3-7,10H2,1-2H3. The molecule has 1 saturated heterocycles. The van der Waals surface area contributed by atoms with E-state index in [4.69, 9.17) is 5.73 Å². The highest BCUT2D eigenvalue weighted by molar-refractivity contribution is 5.76. The van der Waals surface area contributed by atoms with Gasteiger partial charge >= 0.3 is 0 Å². The summed E-state index contributed by atoms with van der Waals surface area (Å²) < 4.78 is 0. The molecule has 1 unspecified atom stereocenters. The van der Waals surface area contributed by atoms with Crippen molar-refractivity contribution in [1.82, 2.24) is 9.80 Å². The molecule has 2 N–H and O–H groups in total. The summed E-state index contributed by atoms with van der Waals surface area (Å²) >= 11 is 0. The number of likely N-dealkylation sites (N-methyl/N-ethyl adjacent to an activating group) is 1. The molecular weight excluding hydrogens is 166 g/mol. The lowest BCUT2D eigenvalue weighted by atomic mass is 10.2. The van der Waals surface area contributed by atoms with Crippen LogP contribution in [0.3, 0.4) is 0 Å². The number of hydrogen-bond acceptors (Lipinski definition) is 3. The molecule has 1 amide bonds. The second-order valence-electron chi connectivity index (χ2n) is 3.69. The number of nitrogens with two attached hydrogens (primary N) is 1. The molecule has 4 heteroatoms. The third kappa shape index (κ3) is 2.67. The molecule has 1 rings (SSSR count). The highest BCUT2D eigenvalue weighted by Gasteiger charge is 2.20. The summed E-state index contributed by atoms with van der Waals surface area (Å²) in [6.45, 7) is 5.39. The second kappa shape index (κ2) is 4.58. The molecule has 1 atom stereocenters. The van der Waals surface area contributed by atoms with Crippen LogP contribution in [0.5, 0.6) is 0 Å². The van der Waals surface area contributed by atoms with Gasteiger partial charge in [-0.25, -0.2) is 0 Å². The first-order chi connectivity index (χ1) is 6.15. The molecule has 0 spiro atoms. The van der Waals surface area contributed by atoms with E-state index in [1.165, 1.54) is 0 Å². The minimum absolute atomic E-state index is 0.242. The Balaban J connectivity index is 2.48. The molecule has 0 saturated carbocycles. The molecule has 0 radical (unpaired) electrons. The number of carbonyl (C=O) groups is 1. The Morgan fingerprint density at radius 2 is 2.15 bits per heavy atom. The molecule has 0 aromatic heterocycles. The molecule has 1 fully saturated rings. The number of carbonyl (C=O) groups excluding carboxylic acids is 1. The van der Waals surface area contributed by atoms with Crippen molar-refractivity contribution in [2.24, 2.45) is 5.73 Å². The van der Waals surface area contributed by atoms with Crippen LogP contribution >= 0.6 is 0 Å². The molecule has 76 valence electrons. The maximum absolute atomic E-state index is 11.3. The van der Waals surface area contributed by atoms with Gasteiger partial charge in [-0.1, -0.05) is 0 Å². The first-order valence-corrected chi connectivity index (χ1v) is 4.83. The highest BCUT2D eigenvalue weighted by Crippen LogP contribution is 2.05. The lowest BCUT2D eigenvalue weighted by molar-refractivity contribution is -0.129. The Morgan fingerprint density at radius 1 is 1.46 bits per heavy atom. The predicted octanol–water partition coefficient (Wildman–Crippen LogP) is -0.502. The molecule has 1 aliphatic rings. The Hall–Kier alpha value is -0.610. The molecule has 13 heavy (non-hydrogen) atoms. The summed E-state index contributed by atoms with van der Waals surface area (Å²) in [6, 6.07) is 0.388. The smallest absolute Gasteiger partial charge is 0.223 e. The second-order valence-corrected chi connectivity index (χ2v) is 3.69. The van der Waals surface area contributed by atoms with Crippen molar-refractivity contribution in [1.29, 1.82) is 0 Å². The zero-order valence-electron chi connectivity index (χ0n) is 8.49. The van der Waals surface area contributed by atoms with Crippen molar-refractivity contribution in [3.05, 3.63) is 0 Å². The Kier molecular flexibility index (Phi) is 3.69. The number of amides is 1. The van der Waals surface area contributed by atoms with Crippen LogP contribution in [-0.2, 0) is 4.79 Å². The van der Waals surface area contributed by atoms with Gasteiger partial charge in [0.25, 0.3) is 0 Å². The zero-order chi connectivity index (χ0) is 9.84. The van der Waals surface area contributed by atoms with Crippen LogP contribution < -0.4 is 5.73 Å². The Morgan fingerprint density at radius 3 is 2.77 bits per heavy atom. The monoisotopic (exact) mass is 185 g/mol. The van der Waals surface area contributed by atoms with Crippen LogP contribution in [0.25, 0.3) is 0 Å². The van der Waals surface area contributed by atoms with Crippen LogP contribution in [0.15, 0.2) is 0 Å². The first kappa shape index (κ1) is 10.5. The van der Waals surface area contributed by atoms with E-state index in [2.05, 4.69) is 11.8 Å². The van der Waals surface area contributed by atoms with E-state index in [-0.39, 0.29) is 5.91 Å². The summed E-state index contributed by atoms with van der Waals surface area (Å²) in [5, 5.41) is 0. The van der Waals surface area contributed by atoms with E-state index < -0.39 is 0 Å². The maximum Gasteiger partial charge on any atom is 0.223 e. The van der Waals surface area contributed by atoms with E-state index >= 15 is 0 Å². The zero-order valence-corrected chi connectivity index (χ0v) is 8.49. The van der Waals surface area contributed by atoms with Crippen LogP contribution in [0, 0.1) is 0 Å². The van der Waals surface area contributed by atoms with Crippen molar-refractivity contribution in [3.63, 3.8) is 0 Å². The summed E-state index contributed by atoms with van der Waals surface area (Å²) in [5.41, 5.74) is 5.58. The van der Waals surface area contributed by atoms with E-state index in [1.54, 1.807) is 4.90 Å². The Bertz CT molecular complexity index is 184. The highest BCUT2D eigenvalue weighted by atomic mass is 16.2. The van der Waals surface area contributed by atoms with Crippen molar-refractivity contribution in [2.75, 3.05) is 33.2 Å². The van der Waals surface area contributed by atoms with Gasteiger partial charge in [-0.05, 0) is 6.92 Å². The SMILES string of the molecule is CC(CN)N1CCC(=O)N(C)CC1. The molecule has 1 heterocycles. The van der Waals surface area contributed by atoms with Crippen LogP contribution in [0.1, 0.15) is 13.3 Å². The van der Waals surface area contributed by atoms with Gasteiger partial charge in [0.2, 0.25) is 5.91 Å². The lowest BCUT2D eigenvalue weighted by Crippen LogP contribution is -2.40. The van der Waals surface area contributed by atoms with Gasteiger partial charge in [0, 0.05) is 45.7 Å². The van der Waals surface area contributed by atoms with Gasteiger partial charge in [-0.3, -0.25) is 9.69 Å². The average molecular weight is 185 g/mol. The molecule has 0 aromatic carbocycles. The van der Waals surface area contributed by atoms with Gasteiger partial charge in [0.15, 0.2) is 0 Å². The number of nitrogens with zero attached hydrogens (tertiary/aromatic N) is 2. The van der Waals surface area contributed by atoms with Crippen LogP contribution in [0.2, 0.25) is 0 Å². The first-order valence-electron chi connectivity index (χ1n) is 4.83. The van der Waals surface area contributed by atoms with Gasteiger partial charge in [0.05, 0.1) is 0 Å². The fourth-order valence-corrected chi connectivity index (χ4v) is 1.53. The molecule has 0 bridgehead atoms. The molecule has 0 aromatic rings. The largest absolute Gasteiger partial charge is 0.344 e. The lowest BCUT2D eigenvalue weighted by Gasteiger charge is -2.25. The van der Waals surface area contributed by atoms with Crippen LogP contribution in [0.4, 0.5) is 0 Å². The van der Waals surface area contributed by atoms with E-state index in [9.17, 15) is 4.79 Å². The summed E-state index contributed by atoms with van der Waals surface area (Å²) in [4.78, 5) is 15.4. The third-order valence-corrected chi connectivity index (χ3v) is 2.73. The van der Waals surface area contributed by atoms with E-state index in [0.29, 0.717) is 19.0 Å².